The Bertz CT molecular complexity index is 671. The highest BCUT2D eigenvalue weighted by Gasteiger charge is 2.27. The molecule has 4 nitrogen and oxygen atoms in total. The van der Waals surface area contributed by atoms with E-state index in [9.17, 15) is 0 Å². The molecule has 0 atom stereocenters. The van der Waals surface area contributed by atoms with Crippen molar-refractivity contribution in [1.82, 2.24) is 15.1 Å². The van der Waals surface area contributed by atoms with Crippen molar-refractivity contribution in [3.63, 3.8) is 0 Å². The summed E-state index contributed by atoms with van der Waals surface area (Å²) in [6.45, 7) is 6.68. The van der Waals surface area contributed by atoms with Crippen LogP contribution in [-0.4, -0.2) is 53.1 Å². The van der Waals surface area contributed by atoms with Crippen molar-refractivity contribution >= 4 is 28.2 Å². The zero-order chi connectivity index (χ0) is 17.1. The normalized spacial score (nSPS) is 19.6. The summed E-state index contributed by atoms with van der Waals surface area (Å²) >= 11 is 3.60. The minimum absolute atomic E-state index is 0.839. The number of anilines is 1. The first-order valence-corrected chi connectivity index (χ1v) is 11.2. The summed E-state index contributed by atoms with van der Waals surface area (Å²) in [4.78, 5) is 6.42. The van der Waals surface area contributed by atoms with Crippen LogP contribution in [-0.2, 0) is 0 Å². The highest BCUT2D eigenvalue weighted by Crippen LogP contribution is 2.31. The number of thioether (sulfide) groups is 1. The number of hydrogen-bond donors (Lipinski definition) is 0. The Hall–Kier alpha value is -1.11. The van der Waals surface area contributed by atoms with Crippen LogP contribution in [0, 0.1) is 0 Å². The highest BCUT2D eigenvalue weighted by molar-refractivity contribution is 7.99. The molecule has 0 unspecified atom stereocenters. The van der Waals surface area contributed by atoms with E-state index in [4.69, 9.17) is 0 Å². The first-order valence-electron chi connectivity index (χ1n) is 9.39. The largest absolute Gasteiger partial charge is 0.344 e. The molecule has 25 heavy (non-hydrogen) atoms. The van der Waals surface area contributed by atoms with Crippen LogP contribution in [0.3, 0.4) is 0 Å². The lowest BCUT2D eigenvalue weighted by Gasteiger charge is -2.37. The van der Waals surface area contributed by atoms with Crippen LogP contribution in [0.4, 0.5) is 5.13 Å². The Morgan fingerprint density at radius 1 is 1.04 bits per heavy atom. The molecule has 4 rings (SSSR count). The Kier molecular flexibility index (Phi) is 5.58. The van der Waals surface area contributed by atoms with Crippen molar-refractivity contribution in [2.24, 2.45) is 0 Å². The molecule has 0 amide bonds. The predicted molar refractivity (Wildman–Crippen MR) is 108 cm³/mol. The van der Waals surface area contributed by atoms with Crippen LogP contribution in [0.25, 0.3) is 10.6 Å². The third-order valence-corrected chi connectivity index (χ3v) is 7.18. The highest BCUT2D eigenvalue weighted by atomic mass is 32.2. The molecule has 6 heteroatoms. The first kappa shape index (κ1) is 17.3. The van der Waals surface area contributed by atoms with Gasteiger partial charge in [-0.15, -0.1) is 22.0 Å². The zero-order valence-corrected chi connectivity index (χ0v) is 16.5. The third-order valence-electron chi connectivity index (χ3n) is 5.25. The molecule has 1 aliphatic heterocycles. The average Bonchev–Trinajstić information content (AvgIpc) is 3.35. The van der Waals surface area contributed by atoms with E-state index in [0.29, 0.717) is 0 Å². The van der Waals surface area contributed by atoms with Gasteiger partial charge < -0.3 is 4.90 Å². The minimum atomic E-state index is 0.839. The van der Waals surface area contributed by atoms with E-state index in [1.54, 1.807) is 11.3 Å². The summed E-state index contributed by atoms with van der Waals surface area (Å²) in [5.41, 5.74) is 1.17. The van der Waals surface area contributed by atoms with Gasteiger partial charge in [0.25, 0.3) is 0 Å². The van der Waals surface area contributed by atoms with Gasteiger partial charge in [-0.2, -0.15) is 0 Å². The fraction of sp³-hybridized carbons (Fsp3) is 0.579. The Labute approximate surface area is 158 Å². The molecule has 0 radical (unpaired) electrons. The number of rotatable bonds is 5. The second kappa shape index (κ2) is 8.06. The molecule has 1 saturated heterocycles. The molecule has 2 aromatic rings. The number of hydrogen-bond acceptors (Lipinski definition) is 6. The third kappa shape index (κ3) is 4.01. The molecule has 2 fully saturated rings. The Balaban J connectivity index is 1.38. The summed E-state index contributed by atoms with van der Waals surface area (Å²) in [5.74, 6) is 1.11. The fourth-order valence-electron chi connectivity index (χ4n) is 3.87. The predicted octanol–water partition coefficient (Wildman–Crippen LogP) is 4.38. The van der Waals surface area contributed by atoms with Crippen molar-refractivity contribution in [1.29, 1.82) is 0 Å². The maximum Gasteiger partial charge on any atom is 0.208 e. The van der Waals surface area contributed by atoms with E-state index < -0.39 is 0 Å². The summed E-state index contributed by atoms with van der Waals surface area (Å²) in [6, 6.07) is 9.54. The van der Waals surface area contributed by atoms with E-state index in [1.807, 2.05) is 11.8 Å². The van der Waals surface area contributed by atoms with Crippen LogP contribution in [0.1, 0.15) is 32.6 Å². The molecule has 1 saturated carbocycles. The average molecular weight is 375 g/mol. The molecule has 134 valence electrons. The number of aromatic nitrogens is 2. The molecular weight excluding hydrogens is 348 g/mol. The van der Waals surface area contributed by atoms with E-state index in [0.717, 1.165) is 35.0 Å². The van der Waals surface area contributed by atoms with Gasteiger partial charge in [0.2, 0.25) is 5.13 Å². The van der Waals surface area contributed by atoms with Crippen molar-refractivity contribution in [3.05, 3.63) is 24.3 Å². The SMILES string of the molecule is CCSc1ccc(-c2nnc(N3CCN(C4CCCC4)CC3)s2)cc1. The second-order valence-corrected chi connectivity index (χ2v) is 9.10. The van der Waals surface area contributed by atoms with E-state index >= 15 is 0 Å². The van der Waals surface area contributed by atoms with Crippen molar-refractivity contribution in [3.8, 4) is 10.6 Å². The van der Waals surface area contributed by atoms with Gasteiger partial charge in [-0.3, -0.25) is 4.90 Å². The Morgan fingerprint density at radius 2 is 1.76 bits per heavy atom. The van der Waals surface area contributed by atoms with Gasteiger partial charge in [0, 0.05) is 42.7 Å². The van der Waals surface area contributed by atoms with Gasteiger partial charge in [0.05, 0.1) is 0 Å². The second-order valence-electron chi connectivity index (χ2n) is 6.81. The first-order chi connectivity index (χ1) is 12.3. The lowest BCUT2D eigenvalue weighted by atomic mass is 10.2. The summed E-state index contributed by atoms with van der Waals surface area (Å²) in [5, 5.41) is 11.0. The van der Waals surface area contributed by atoms with E-state index in [-0.39, 0.29) is 0 Å². The molecule has 1 aromatic carbocycles. The topological polar surface area (TPSA) is 32.3 Å². The quantitative estimate of drug-likeness (QED) is 0.725. The lowest BCUT2D eigenvalue weighted by molar-refractivity contribution is 0.187. The summed E-state index contributed by atoms with van der Waals surface area (Å²) < 4.78 is 0. The van der Waals surface area contributed by atoms with Gasteiger partial charge in [-0.25, -0.2) is 0 Å². The maximum absolute atomic E-state index is 4.47. The van der Waals surface area contributed by atoms with Crippen molar-refractivity contribution in [2.45, 2.75) is 43.5 Å². The number of piperazine rings is 1. The van der Waals surface area contributed by atoms with Crippen molar-refractivity contribution < 1.29 is 0 Å². The number of benzene rings is 1. The molecule has 0 bridgehead atoms. The van der Waals surface area contributed by atoms with E-state index in [2.05, 4.69) is 51.2 Å². The minimum Gasteiger partial charge on any atom is -0.344 e. The van der Waals surface area contributed by atoms with Crippen molar-refractivity contribution in [2.75, 3.05) is 36.8 Å². The summed E-state index contributed by atoms with van der Waals surface area (Å²) in [6.07, 6.45) is 5.63. The maximum atomic E-state index is 4.47. The van der Waals surface area contributed by atoms with Crippen LogP contribution in [0.15, 0.2) is 29.2 Å². The van der Waals surface area contributed by atoms with Gasteiger partial charge >= 0.3 is 0 Å². The lowest BCUT2D eigenvalue weighted by Crippen LogP contribution is -2.49. The molecule has 2 aliphatic rings. The van der Waals surface area contributed by atoms with Gasteiger partial charge in [0.15, 0.2) is 0 Å². The van der Waals surface area contributed by atoms with Crippen LogP contribution in [0.5, 0.6) is 0 Å². The van der Waals surface area contributed by atoms with Gasteiger partial charge in [-0.05, 0) is 30.7 Å². The fourth-order valence-corrected chi connectivity index (χ4v) is 5.43. The molecule has 0 N–H and O–H groups in total. The smallest absolute Gasteiger partial charge is 0.208 e. The van der Waals surface area contributed by atoms with Crippen LogP contribution >= 0.6 is 23.1 Å². The van der Waals surface area contributed by atoms with Crippen LogP contribution in [0.2, 0.25) is 0 Å². The molecule has 1 aliphatic carbocycles. The number of nitrogens with zero attached hydrogens (tertiary/aromatic N) is 4. The molecule has 2 heterocycles. The Morgan fingerprint density at radius 3 is 2.44 bits per heavy atom. The summed E-state index contributed by atoms with van der Waals surface area (Å²) in [7, 11) is 0. The molecular formula is C19H26N4S2. The van der Waals surface area contributed by atoms with Gasteiger partial charge in [0.1, 0.15) is 5.01 Å². The van der Waals surface area contributed by atoms with Gasteiger partial charge in [-0.1, -0.05) is 43.2 Å². The zero-order valence-electron chi connectivity index (χ0n) is 14.9. The standard InChI is InChI=1S/C19H26N4S2/c1-2-24-17-9-7-15(8-10-17)18-20-21-19(25-18)23-13-11-22(12-14-23)16-5-3-4-6-16/h7-10,16H,2-6,11-14H2,1H3. The van der Waals surface area contributed by atoms with Crippen LogP contribution < -0.4 is 4.90 Å². The molecule has 0 spiro atoms. The monoisotopic (exact) mass is 374 g/mol. The molecule has 1 aromatic heterocycles. The van der Waals surface area contributed by atoms with E-state index in [1.165, 1.54) is 49.2 Å².